The van der Waals surface area contributed by atoms with Crippen LogP contribution in [0.1, 0.15) is 17.5 Å². The summed E-state index contributed by atoms with van der Waals surface area (Å²) in [4.78, 5) is 14.3. The number of hydrogen-bond donors (Lipinski definition) is 2. The predicted octanol–water partition coefficient (Wildman–Crippen LogP) is 1.74. The Morgan fingerprint density at radius 2 is 2.08 bits per heavy atom. The Labute approximate surface area is 142 Å². The molecule has 0 radical (unpaired) electrons. The maximum Gasteiger partial charge on any atom is 0.315 e. The van der Waals surface area contributed by atoms with E-state index in [1.807, 2.05) is 48.3 Å². The van der Waals surface area contributed by atoms with Crippen LogP contribution in [0.3, 0.4) is 0 Å². The van der Waals surface area contributed by atoms with Crippen molar-refractivity contribution in [3.8, 4) is 0 Å². The summed E-state index contributed by atoms with van der Waals surface area (Å²) in [5.74, 6) is 0.518. The first-order chi connectivity index (χ1) is 11.7. The molecule has 0 saturated carbocycles. The van der Waals surface area contributed by atoms with Gasteiger partial charge in [-0.2, -0.15) is 5.10 Å². The summed E-state index contributed by atoms with van der Waals surface area (Å²) in [6.07, 6.45) is 5.10. The molecule has 0 aliphatic carbocycles. The molecule has 3 rings (SSSR count). The molecule has 1 aromatic carbocycles. The SMILES string of the molecule is Cn1cc(CN2CC[C@@H](CNC(=O)NCc3ccccc3)C2)cn1. The van der Waals surface area contributed by atoms with Crippen LogP contribution in [0.4, 0.5) is 4.79 Å². The summed E-state index contributed by atoms with van der Waals surface area (Å²) < 4.78 is 1.83. The Morgan fingerprint density at radius 3 is 2.83 bits per heavy atom. The highest BCUT2D eigenvalue weighted by atomic mass is 16.2. The third-order valence-corrected chi connectivity index (χ3v) is 4.38. The number of nitrogens with zero attached hydrogens (tertiary/aromatic N) is 3. The molecule has 1 aliphatic rings. The second-order valence-corrected chi connectivity index (χ2v) is 6.46. The molecular formula is C18H25N5O. The van der Waals surface area contributed by atoms with E-state index in [-0.39, 0.29) is 6.03 Å². The second kappa shape index (κ2) is 7.97. The van der Waals surface area contributed by atoms with E-state index in [0.717, 1.165) is 38.2 Å². The van der Waals surface area contributed by atoms with Crippen LogP contribution in [0.5, 0.6) is 0 Å². The maximum atomic E-state index is 11.9. The van der Waals surface area contributed by atoms with Crippen molar-refractivity contribution < 1.29 is 4.79 Å². The number of nitrogens with one attached hydrogen (secondary N) is 2. The first-order valence-corrected chi connectivity index (χ1v) is 8.44. The average molecular weight is 327 g/mol. The van der Waals surface area contributed by atoms with Crippen molar-refractivity contribution >= 4 is 6.03 Å². The molecule has 6 nitrogen and oxygen atoms in total. The Balaban J connectivity index is 1.34. The number of benzene rings is 1. The smallest absolute Gasteiger partial charge is 0.315 e. The number of carbonyl (C=O) groups excluding carboxylic acids is 1. The maximum absolute atomic E-state index is 11.9. The standard InChI is InChI=1S/C18H25N5O/c1-22-12-17(11-21-22)14-23-8-7-16(13-23)10-20-18(24)19-9-15-5-3-2-4-6-15/h2-6,11-12,16H,7-10,13-14H2,1H3,(H2,19,20,24)/t16-/m0/s1. The molecule has 0 spiro atoms. The molecule has 1 saturated heterocycles. The second-order valence-electron chi connectivity index (χ2n) is 6.46. The van der Waals surface area contributed by atoms with Crippen molar-refractivity contribution in [2.45, 2.75) is 19.5 Å². The molecule has 0 bridgehead atoms. The van der Waals surface area contributed by atoms with Crippen LogP contribution in [0.25, 0.3) is 0 Å². The van der Waals surface area contributed by atoms with Gasteiger partial charge < -0.3 is 10.6 Å². The molecule has 1 aliphatic heterocycles. The van der Waals surface area contributed by atoms with Gasteiger partial charge in [0.25, 0.3) is 0 Å². The average Bonchev–Trinajstić information content (AvgIpc) is 3.21. The predicted molar refractivity (Wildman–Crippen MR) is 93.3 cm³/mol. The van der Waals surface area contributed by atoms with Crippen LogP contribution in [-0.4, -0.2) is 40.3 Å². The zero-order valence-corrected chi connectivity index (χ0v) is 14.1. The number of aromatic nitrogens is 2. The molecule has 6 heteroatoms. The van der Waals surface area contributed by atoms with Crippen molar-refractivity contribution in [2.75, 3.05) is 19.6 Å². The number of hydrogen-bond acceptors (Lipinski definition) is 3. The number of carbonyl (C=O) groups is 1. The minimum Gasteiger partial charge on any atom is -0.338 e. The van der Waals surface area contributed by atoms with E-state index in [9.17, 15) is 4.79 Å². The molecule has 1 aromatic heterocycles. The van der Waals surface area contributed by atoms with Gasteiger partial charge in [0.2, 0.25) is 0 Å². The summed E-state index contributed by atoms with van der Waals surface area (Å²) >= 11 is 0. The van der Waals surface area contributed by atoms with Crippen molar-refractivity contribution in [2.24, 2.45) is 13.0 Å². The summed E-state index contributed by atoms with van der Waals surface area (Å²) in [7, 11) is 1.94. The zero-order valence-electron chi connectivity index (χ0n) is 14.1. The van der Waals surface area contributed by atoms with E-state index >= 15 is 0 Å². The van der Waals surface area contributed by atoms with Crippen LogP contribution in [0, 0.1) is 5.92 Å². The van der Waals surface area contributed by atoms with Gasteiger partial charge in [0.15, 0.2) is 0 Å². The number of amides is 2. The molecule has 1 atom stereocenters. The fourth-order valence-electron chi connectivity index (χ4n) is 3.11. The highest BCUT2D eigenvalue weighted by molar-refractivity contribution is 5.73. The molecule has 0 unspecified atom stereocenters. The van der Waals surface area contributed by atoms with Gasteiger partial charge in [0, 0.05) is 45.0 Å². The lowest BCUT2D eigenvalue weighted by molar-refractivity contribution is 0.238. The molecule has 128 valence electrons. The Hall–Kier alpha value is -2.34. The van der Waals surface area contributed by atoms with Gasteiger partial charge in [-0.15, -0.1) is 0 Å². The lowest BCUT2D eigenvalue weighted by Gasteiger charge is -2.15. The van der Waals surface area contributed by atoms with Crippen LogP contribution in [-0.2, 0) is 20.1 Å². The van der Waals surface area contributed by atoms with Crippen molar-refractivity contribution in [1.82, 2.24) is 25.3 Å². The van der Waals surface area contributed by atoms with Crippen LogP contribution < -0.4 is 10.6 Å². The summed E-state index contributed by atoms with van der Waals surface area (Å²) in [5, 5.41) is 10.1. The fraction of sp³-hybridized carbons (Fsp3) is 0.444. The lowest BCUT2D eigenvalue weighted by atomic mass is 10.1. The highest BCUT2D eigenvalue weighted by Crippen LogP contribution is 2.17. The van der Waals surface area contributed by atoms with Crippen LogP contribution in [0.2, 0.25) is 0 Å². The van der Waals surface area contributed by atoms with Gasteiger partial charge in [-0.1, -0.05) is 30.3 Å². The van der Waals surface area contributed by atoms with Gasteiger partial charge in [0.1, 0.15) is 0 Å². The topological polar surface area (TPSA) is 62.2 Å². The molecular weight excluding hydrogens is 302 g/mol. The number of aryl methyl sites for hydroxylation is 1. The van der Waals surface area contributed by atoms with Crippen LogP contribution >= 0.6 is 0 Å². The summed E-state index contributed by atoms with van der Waals surface area (Å²) in [6, 6.07) is 9.85. The molecule has 2 N–H and O–H groups in total. The summed E-state index contributed by atoms with van der Waals surface area (Å²) in [5.41, 5.74) is 2.35. The third-order valence-electron chi connectivity index (χ3n) is 4.38. The van der Waals surface area contributed by atoms with Crippen LogP contribution in [0.15, 0.2) is 42.7 Å². The lowest BCUT2D eigenvalue weighted by Crippen LogP contribution is -2.38. The van der Waals surface area contributed by atoms with E-state index < -0.39 is 0 Å². The zero-order chi connectivity index (χ0) is 16.8. The quantitative estimate of drug-likeness (QED) is 0.849. The Morgan fingerprint density at radius 1 is 1.25 bits per heavy atom. The third kappa shape index (κ3) is 4.83. The van der Waals surface area contributed by atoms with Gasteiger partial charge in [-0.25, -0.2) is 4.79 Å². The van der Waals surface area contributed by atoms with E-state index in [0.29, 0.717) is 12.5 Å². The highest BCUT2D eigenvalue weighted by Gasteiger charge is 2.23. The first kappa shape index (κ1) is 16.5. The number of likely N-dealkylation sites (tertiary alicyclic amines) is 1. The molecule has 2 amide bonds. The van der Waals surface area contributed by atoms with Crippen molar-refractivity contribution in [3.05, 3.63) is 53.9 Å². The van der Waals surface area contributed by atoms with Gasteiger partial charge >= 0.3 is 6.03 Å². The minimum absolute atomic E-state index is 0.0930. The molecule has 2 aromatic rings. The number of rotatable bonds is 6. The van der Waals surface area contributed by atoms with E-state index in [4.69, 9.17) is 0 Å². The first-order valence-electron chi connectivity index (χ1n) is 8.44. The monoisotopic (exact) mass is 327 g/mol. The van der Waals surface area contributed by atoms with E-state index in [1.54, 1.807) is 0 Å². The van der Waals surface area contributed by atoms with Gasteiger partial charge in [0.05, 0.1) is 6.20 Å². The van der Waals surface area contributed by atoms with Crippen molar-refractivity contribution in [1.29, 1.82) is 0 Å². The largest absolute Gasteiger partial charge is 0.338 e. The van der Waals surface area contributed by atoms with Gasteiger partial charge in [-0.3, -0.25) is 9.58 Å². The molecule has 1 fully saturated rings. The van der Waals surface area contributed by atoms with Gasteiger partial charge in [-0.05, 0) is 24.4 Å². The minimum atomic E-state index is -0.0930. The van der Waals surface area contributed by atoms with Crippen molar-refractivity contribution in [3.63, 3.8) is 0 Å². The van der Waals surface area contributed by atoms with E-state index in [1.165, 1.54) is 5.56 Å². The Kier molecular flexibility index (Phi) is 5.48. The summed E-state index contributed by atoms with van der Waals surface area (Å²) in [6.45, 7) is 4.32. The molecule has 2 heterocycles. The molecule has 24 heavy (non-hydrogen) atoms. The number of urea groups is 1. The van der Waals surface area contributed by atoms with E-state index in [2.05, 4.69) is 26.8 Å². The fourth-order valence-corrected chi connectivity index (χ4v) is 3.11. The Bertz CT molecular complexity index is 654. The normalized spacial score (nSPS) is 17.8.